The summed E-state index contributed by atoms with van der Waals surface area (Å²) in [5.74, 6) is 0.596. The van der Waals surface area contributed by atoms with E-state index in [4.69, 9.17) is 5.73 Å². The van der Waals surface area contributed by atoms with Crippen LogP contribution in [0.3, 0.4) is 0 Å². The van der Waals surface area contributed by atoms with Crippen LogP contribution < -0.4 is 11.1 Å². The first kappa shape index (κ1) is 12.5. The van der Waals surface area contributed by atoms with Gasteiger partial charge in [-0.05, 0) is 30.2 Å². The topological polar surface area (TPSA) is 38.0 Å². The maximum absolute atomic E-state index is 5.76. The van der Waals surface area contributed by atoms with Crippen molar-refractivity contribution in [3.05, 3.63) is 28.7 Å². The minimum atomic E-state index is 0.358. The highest BCUT2D eigenvalue weighted by atomic mass is 79.9. The number of benzene rings is 1. The van der Waals surface area contributed by atoms with Gasteiger partial charge < -0.3 is 11.1 Å². The fraction of sp³-hybridized carbons (Fsp3) is 0.500. The van der Waals surface area contributed by atoms with Gasteiger partial charge in [0, 0.05) is 22.7 Å². The number of nitrogens with two attached hydrogens (primary N) is 1. The Kier molecular flexibility index (Phi) is 5.12. The maximum Gasteiger partial charge on any atom is 0.0409 e. The van der Waals surface area contributed by atoms with Gasteiger partial charge in [-0.3, -0.25) is 0 Å². The molecule has 0 aliphatic rings. The molecule has 2 nitrogen and oxygen atoms in total. The first-order chi connectivity index (χ1) is 7.17. The lowest BCUT2D eigenvalue weighted by atomic mass is 9.99. The fourth-order valence-electron chi connectivity index (χ4n) is 1.48. The molecule has 0 fully saturated rings. The Balaban J connectivity index is 2.62. The lowest BCUT2D eigenvalue weighted by molar-refractivity contribution is 0.474. The molecule has 0 spiro atoms. The number of hydrogen-bond acceptors (Lipinski definition) is 2. The number of halogens is 1. The molecule has 0 saturated heterocycles. The van der Waals surface area contributed by atoms with E-state index in [1.54, 1.807) is 0 Å². The van der Waals surface area contributed by atoms with Gasteiger partial charge in [-0.25, -0.2) is 0 Å². The zero-order valence-corrected chi connectivity index (χ0v) is 10.9. The van der Waals surface area contributed by atoms with Crippen LogP contribution in [0.2, 0.25) is 0 Å². The molecule has 2 atom stereocenters. The summed E-state index contributed by atoms with van der Waals surface area (Å²) in [6, 6.07) is 8.56. The fourth-order valence-corrected chi connectivity index (χ4v) is 1.74. The molecule has 0 saturated carbocycles. The second-order valence-corrected chi connectivity index (χ2v) is 4.79. The molecule has 0 aromatic heterocycles. The Hall–Kier alpha value is -0.540. The highest BCUT2D eigenvalue weighted by molar-refractivity contribution is 9.10. The number of anilines is 1. The number of hydrogen-bond donors (Lipinski definition) is 2. The van der Waals surface area contributed by atoms with Gasteiger partial charge in [0.25, 0.3) is 0 Å². The van der Waals surface area contributed by atoms with Crippen molar-refractivity contribution in [1.82, 2.24) is 0 Å². The Labute approximate surface area is 100 Å². The second-order valence-electron chi connectivity index (χ2n) is 3.88. The summed E-state index contributed by atoms with van der Waals surface area (Å²) in [4.78, 5) is 0. The Morgan fingerprint density at radius 3 is 2.40 bits per heavy atom. The molecule has 0 aliphatic heterocycles. The average Bonchev–Trinajstić information content (AvgIpc) is 2.27. The molecular weight excluding hydrogens is 252 g/mol. The molecule has 84 valence electrons. The minimum Gasteiger partial charge on any atom is -0.381 e. The first-order valence-corrected chi connectivity index (χ1v) is 6.18. The van der Waals surface area contributed by atoms with E-state index in [2.05, 4.69) is 47.2 Å². The lowest BCUT2D eigenvalue weighted by Gasteiger charge is -2.23. The van der Waals surface area contributed by atoms with Gasteiger partial charge in [0.2, 0.25) is 0 Å². The SMILES string of the molecule is CCC(C)C(CN)Nc1ccc(Br)cc1. The highest BCUT2D eigenvalue weighted by Crippen LogP contribution is 2.17. The monoisotopic (exact) mass is 270 g/mol. The van der Waals surface area contributed by atoms with Crippen LogP contribution in [0.15, 0.2) is 28.7 Å². The van der Waals surface area contributed by atoms with Crippen LogP contribution >= 0.6 is 15.9 Å². The summed E-state index contributed by atoms with van der Waals surface area (Å²) in [6.45, 7) is 5.09. The lowest BCUT2D eigenvalue weighted by Crippen LogP contribution is -2.34. The standard InChI is InChI=1S/C12H19BrN2/c1-3-9(2)12(8-14)15-11-6-4-10(13)5-7-11/h4-7,9,12,15H,3,8,14H2,1-2H3. The molecule has 15 heavy (non-hydrogen) atoms. The van der Waals surface area contributed by atoms with Gasteiger partial charge in [-0.2, -0.15) is 0 Å². The van der Waals surface area contributed by atoms with Gasteiger partial charge >= 0.3 is 0 Å². The molecule has 0 radical (unpaired) electrons. The zero-order valence-electron chi connectivity index (χ0n) is 9.33. The van der Waals surface area contributed by atoms with Crippen molar-refractivity contribution in [2.75, 3.05) is 11.9 Å². The molecular formula is C12H19BrN2. The van der Waals surface area contributed by atoms with Gasteiger partial charge in [-0.15, -0.1) is 0 Å². The van der Waals surface area contributed by atoms with Crippen molar-refractivity contribution in [3.8, 4) is 0 Å². The number of nitrogens with one attached hydrogen (secondary N) is 1. The predicted molar refractivity (Wildman–Crippen MR) is 70.1 cm³/mol. The summed E-state index contributed by atoms with van der Waals surface area (Å²) < 4.78 is 1.10. The molecule has 0 heterocycles. The van der Waals surface area contributed by atoms with Gasteiger partial charge in [0.15, 0.2) is 0 Å². The maximum atomic E-state index is 5.76. The van der Waals surface area contributed by atoms with Crippen molar-refractivity contribution in [2.45, 2.75) is 26.3 Å². The summed E-state index contributed by atoms with van der Waals surface area (Å²) in [5, 5.41) is 3.46. The van der Waals surface area contributed by atoms with E-state index in [0.717, 1.165) is 16.6 Å². The van der Waals surface area contributed by atoms with E-state index in [1.165, 1.54) is 0 Å². The van der Waals surface area contributed by atoms with E-state index < -0.39 is 0 Å². The molecule has 1 aromatic rings. The van der Waals surface area contributed by atoms with Crippen molar-refractivity contribution < 1.29 is 0 Å². The summed E-state index contributed by atoms with van der Waals surface area (Å²) in [6.07, 6.45) is 1.14. The van der Waals surface area contributed by atoms with Crippen LogP contribution in [-0.4, -0.2) is 12.6 Å². The van der Waals surface area contributed by atoms with E-state index in [9.17, 15) is 0 Å². The molecule has 0 aliphatic carbocycles. The molecule has 1 aromatic carbocycles. The van der Waals surface area contributed by atoms with Crippen LogP contribution in [0.4, 0.5) is 5.69 Å². The largest absolute Gasteiger partial charge is 0.381 e. The van der Waals surface area contributed by atoms with Crippen LogP contribution in [0.25, 0.3) is 0 Å². The van der Waals surface area contributed by atoms with E-state index in [0.29, 0.717) is 18.5 Å². The normalized spacial score (nSPS) is 14.7. The Bertz CT molecular complexity index is 284. The van der Waals surface area contributed by atoms with Crippen molar-refractivity contribution in [3.63, 3.8) is 0 Å². The van der Waals surface area contributed by atoms with Gasteiger partial charge in [0.1, 0.15) is 0 Å². The third kappa shape index (κ3) is 3.84. The van der Waals surface area contributed by atoms with Gasteiger partial charge in [-0.1, -0.05) is 36.2 Å². The second kappa shape index (κ2) is 6.13. The molecule has 0 bridgehead atoms. The first-order valence-electron chi connectivity index (χ1n) is 5.39. The molecule has 2 unspecified atom stereocenters. The Morgan fingerprint density at radius 2 is 1.93 bits per heavy atom. The van der Waals surface area contributed by atoms with Crippen LogP contribution in [-0.2, 0) is 0 Å². The molecule has 1 rings (SSSR count). The molecule has 3 N–H and O–H groups in total. The van der Waals surface area contributed by atoms with E-state index in [1.807, 2.05) is 12.1 Å². The summed E-state index contributed by atoms with van der Waals surface area (Å²) in [5.41, 5.74) is 6.89. The van der Waals surface area contributed by atoms with Crippen molar-refractivity contribution >= 4 is 21.6 Å². The van der Waals surface area contributed by atoms with Crippen LogP contribution in [0.1, 0.15) is 20.3 Å². The number of rotatable bonds is 5. The average molecular weight is 271 g/mol. The van der Waals surface area contributed by atoms with Crippen LogP contribution in [0.5, 0.6) is 0 Å². The third-order valence-corrected chi connectivity index (χ3v) is 3.31. The Morgan fingerprint density at radius 1 is 1.33 bits per heavy atom. The van der Waals surface area contributed by atoms with Gasteiger partial charge in [0.05, 0.1) is 0 Å². The minimum absolute atomic E-state index is 0.358. The third-order valence-electron chi connectivity index (χ3n) is 2.78. The van der Waals surface area contributed by atoms with Crippen LogP contribution in [0, 0.1) is 5.92 Å². The van der Waals surface area contributed by atoms with E-state index in [-0.39, 0.29) is 0 Å². The quantitative estimate of drug-likeness (QED) is 0.862. The molecule has 0 amide bonds. The van der Waals surface area contributed by atoms with Crippen molar-refractivity contribution in [1.29, 1.82) is 0 Å². The van der Waals surface area contributed by atoms with E-state index >= 15 is 0 Å². The summed E-state index contributed by atoms with van der Waals surface area (Å²) in [7, 11) is 0. The highest BCUT2D eigenvalue weighted by Gasteiger charge is 2.13. The van der Waals surface area contributed by atoms with Crippen molar-refractivity contribution in [2.24, 2.45) is 11.7 Å². The summed E-state index contributed by atoms with van der Waals surface area (Å²) >= 11 is 3.42. The zero-order chi connectivity index (χ0) is 11.3. The smallest absolute Gasteiger partial charge is 0.0409 e. The molecule has 3 heteroatoms. The predicted octanol–water partition coefficient (Wildman–Crippen LogP) is 3.23.